The molecular formula is C12H24O4. The van der Waals surface area contributed by atoms with Gasteiger partial charge in [-0.2, -0.15) is 0 Å². The molecule has 0 unspecified atom stereocenters. The van der Waals surface area contributed by atoms with Gasteiger partial charge in [-0.25, -0.2) is 0 Å². The van der Waals surface area contributed by atoms with Crippen molar-refractivity contribution in [1.82, 2.24) is 0 Å². The van der Waals surface area contributed by atoms with Gasteiger partial charge in [-0.3, -0.25) is 0 Å². The summed E-state index contributed by atoms with van der Waals surface area (Å²) in [7, 11) is 0. The van der Waals surface area contributed by atoms with Crippen LogP contribution in [0.4, 0.5) is 0 Å². The summed E-state index contributed by atoms with van der Waals surface area (Å²) in [6, 6.07) is 0. The Hall–Kier alpha value is -0.160. The molecular weight excluding hydrogens is 208 g/mol. The van der Waals surface area contributed by atoms with Gasteiger partial charge in [-0.05, 0) is 33.6 Å². The number of hydrogen-bond donors (Lipinski definition) is 0. The predicted octanol–water partition coefficient (Wildman–Crippen LogP) is 2.17. The lowest BCUT2D eigenvalue weighted by atomic mass is 9.99. The van der Waals surface area contributed by atoms with Gasteiger partial charge < -0.3 is 18.9 Å². The number of rotatable bonds is 7. The summed E-state index contributed by atoms with van der Waals surface area (Å²) in [5.74, 6) is 0.189. The zero-order chi connectivity index (χ0) is 11.8. The first kappa shape index (κ1) is 13.9. The average molecular weight is 232 g/mol. The molecule has 0 spiro atoms. The number of hydrogen-bond acceptors (Lipinski definition) is 4. The number of ether oxygens (including phenoxy) is 4. The highest BCUT2D eigenvalue weighted by Crippen LogP contribution is 2.27. The first-order valence-corrected chi connectivity index (χ1v) is 6.29. The van der Waals surface area contributed by atoms with Crippen LogP contribution < -0.4 is 0 Å². The minimum atomic E-state index is -0.202. The molecule has 0 amide bonds. The molecule has 1 heterocycles. The summed E-state index contributed by atoms with van der Waals surface area (Å²) >= 11 is 0. The van der Waals surface area contributed by atoms with Crippen molar-refractivity contribution in [3.8, 4) is 0 Å². The van der Waals surface area contributed by atoms with Gasteiger partial charge in [0.25, 0.3) is 0 Å². The molecule has 0 saturated carbocycles. The molecule has 1 rings (SSSR count). The fourth-order valence-corrected chi connectivity index (χ4v) is 2.00. The van der Waals surface area contributed by atoms with Crippen LogP contribution >= 0.6 is 0 Å². The summed E-state index contributed by atoms with van der Waals surface area (Å²) < 4.78 is 22.4. The van der Waals surface area contributed by atoms with Crippen molar-refractivity contribution in [1.29, 1.82) is 0 Å². The Morgan fingerprint density at radius 3 is 2.38 bits per heavy atom. The van der Waals surface area contributed by atoms with Gasteiger partial charge >= 0.3 is 0 Å². The third-order valence-electron chi connectivity index (χ3n) is 2.66. The summed E-state index contributed by atoms with van der Waals surface area (Å²) in [6.45, 7) is 8.67. The van der Waals surface area contributed by atoms with E-state index in [-0.39, 0.29) is 18.5 Å². The normalized spacial score (nSPS) is 26.2. The second-order valence-corrected chi connectivity index (χ2v) is 3.78. The maximum atomic E-state index is 5.62. The van der Waals surface area contributed by atoms with Gasteiger partial charge in [0.15, 0.2) is 12.6 Å². The monoisotopic (exact) mass is 232 g/mol. The average Bonchev–Trinajstić information content (AvgIpc) is 2.30. The van der Waals surface area contributed by atoms with E-state index in [4.69, 9.17) is 18.9 Å². The fraction of sp³-hybridized carbons (Fsp3) is 1.00. The van der Waals surface area contributed by atoms with Gasteiger partial charge in [0.2, 0.25) is 0 Å². The van der Waals surface area contributed by atoms with Crippen LogP contribution in [0.3, 0.4) is 0 Å². The van der Waals surface area contributed by atoms with Gasteiger partial charge in [-0.15, -0.1) is 0 Å². The quantitative estimate of drug-likeness (QED) is 0.630. The predicted molar refractivity (Wildman–Crippen MR) is 61.1 cm³/mol. The SMILES string of the molecule is CCOC(OCC)[C@@H]1CCCO[C@H]1OCC. The topological polar surface area (TPSA) is 36.9 Å². The third-order valence-corrected chi connectivity index (χ3v) is 2.66. The van der Waals surface area contributed by atoms with Crippen molar-refractivity contribution in [2.75, 3.05) is 26.4 Å². The molecule has 0 aromatic heterocycles. The van der Waals surface area contributed by atoms with E-state index < -0.39 is 0 Å². The second kappa shape index (κ2) is 8.01. The van der Waals surface area contributed by atoms with Gasteiger partial charge in [-0.1, -0.05) is 0 Å². The Balaban J connectivity index is 2.54. The highest BCUT2D eigenvalue weighted by Gasteiger charge is 2.34. The molecule has 1 aliphatic rings. The van der Waals surface area contributed by atoms with Crippen LogP contribution in [0.5, 0.6) is 0 Å². The van der Waals surface area contributed by atoms with E-state index in [9.17, 15) is 0 Å². The Labute approximate surface area is 98.2 Å². The summed E-state index contributed by atoms with van der Waals surface area (Å²) in [6.07, 6.45) is 1.70. The van der Waals surface area contributed by atoms with E-state index in [1.165, 1.54) is 0 Å². The van der Waals surface area contributed by atoms with Crippen molar-refractivity contribution in [3.63, 3.8) is 0 Å². The maximum Gasteiger partial charge on any atom is 0.165 e. The molecule has 0 aromatic carbocycles. The first-order valence-electron chi connectivity index (χ1n) is 6.29. The lowest BCUT2D eigenvalue weighted by Crippen LogP contribution is -2.42. The van der Waals surface area contributed by atoms with Crippen LogP contribution in [0, 0.1) is 5.92 Å². The molecule has 0 radical (unpaired) electrons. The lowest BCUT2D eigenvalue weighted by molar-refractivity contribution is -0.263. The molecule has 0 aromatic rings. The second-order valence-electron chi connectivity index (χ2n) is 3.78. The largest absolute Gasteiger partial charge is 0.352 e. The minimum absolute atomic E-state index is 0.179. The van der Waals surface area contributed by atoms with E-state index in [1.807, 2.05) is 20.8 Å². The van der Waals surface area contributed by atoms with Crippen molar-refractivity contribution in [3.05, 3.63) is 0 Å². The van der Waals surface area contributed by atoms with Crippen molar-refractivity contribution < 1.29 is 18.9 Å². The van der Waals surface area contributed by atoms with Gasteiger partial charge in [0.1, 0.15) is 0 Å². The van der Waals surface area contributed by atoms with E-state index in [2.05, 4.69) is 0 Å². The van der Waals surface area contributed by atoms with Crippen LogP contribution in [0.25, 0.3) is 0 Å². The van der Waals surface area contributed by atoms with E-state index in [0.29, 0.717) is 19.8 Å². The van der Waals surface area contributed by atoms with Crippen molar-refractivity contribution in [2.24, 2.45) is 5.92 Å². The van der Waals surface area contributed by atoms with E-state index in [1.54, 1.807) is 0 Å². The van der Waals surface area contributed by atoms with Gasteiger partial charge in [0.05, 0.1) is 5.92 Å². The highest BCUT2D eigenvalue weighted by molar-refractivity contribution is 4.72. The minimum Gasteiger partial charge on any atom is -0.352 e. The van der Waals surface area contributed by atoms with Crippen molar-refractivity contribution in [2.45, 2.75) is 46.2 Å². The molecule has 96 valence electrons. The van der Waals surface area contributed by atoms with E-state index in [0.717, 1.165) is 19.4 Å². The summed E-state index contributed by atoms with van der Waals surface area (Å²) in [5.41, 5.74) is 0. The first-order chi connectivity index (χ1) is 7.83. The van der Waals surface area contributed by atoms with Crippen LogP contribution in [-0.2, 0) is 18.9 Å². The maximum absolute atomic E-state index is 5.62. The summed E-state index contributed by atoms with van der Waals surface area (Å²) in [4.78, 5) is 0. The summed E-state index contributed by atoms with van der Waals surface area (Å²) in [5, 5.41) is 0. The molecule has 0 N–H and O–H groups in total. The zero-order valence-corrected chi connectivity index (χ0v) is 10.6. The molecule has 16 heavy (non-hydrogen) atoms. The molecule has 2 atom stereocenters. The smallest absolute Gasteiger partial charge is 0.165 e. The lowest BCUT2D eigenvalue weighted by Gasteiger charge is -2.35. The van der Waals surface area contributed by atoms with Crippen molar-refractivity contribution >= 4 is 0 Å². The molecule has 0 aliphatic carbocycles. The van der Waals surface area contributed by atoms with Gasteiger partial charge in [0, 0.05) is 26.4 Å². The molecule has 1 saturated heterocycles. The highest BCUT2D eigenvalue weighted by atomic mass is 16.7. The third kappa shape index (κ3) is 4.01. The Morgan fingerprint density at radius 2 is 1.81 bits per heavy atom. The van der Waals surface area contributed by atoms with E-state index >= 15 is 0 Å². The zero-order valence-electron chi connectivity index (χ0n) is 10.6. The fourth-order valence-electron chi connectivity index (χ4n) is 2.00. The molecule has 1 aliphatic heterocycles. The molecule has 4 heteroatoms. The Morgan fingerprint density at radius 1 is 1.12 bits per heavy atom. The van der Waals surface area contributed by atoms with Crippen LogP contribution in [0.1, 0.15) is 33.6 Å². The van der Waals surface area contributed by atoms with Crippen LogP contribution in [-0.4, -0.2) is 39.0 Å². The Kier molecular flexibility index (Phi) is 6.96. The standard InChI is InChI=1S/C12H24O4/c1-4-13-11(14-5-2)10-8-7-9-16-12(10)15-6-3/h10-12H,4-9H2,1-3H3/t10-,12+/m0/s1. The van der Waals surface area contributed by atoms with Crippen LogP contribution in [0.15, 0.2) is 0 Å². The Bertz CT molecular complexity index is 166. The molecule has 0 bridgehead atoms. The molecule has 1 fully saturated rings. The molecule has 4 nitrogen and oxygen atoms in total. The van der Waals surface area contributed by atoms with Crippen LogP contribution in [0.2, 0.25) is 0 Å².